The van der Waals surface area contributed by atoms with E-state index in [1.54, 1.807) is 0 Å². The van der Waals surface area contributed by atoms with Gasteiger partial charge in [-0.05, 0) is 44.1 Å². The molecule has 0 radical (unpaired) electrons. The first kappa shape index (κ1) is 14.3. The molecular formula is C13H26N2O2S. The molecule has 2 rings (SSSR count). The van der Waals surface area contributed by atoms with E-state index in [1.807, 2.05) is 0 Å². The van der Waals surface area contributed by atoms with Gasteiger partial charge in [0, 0.05) is 12.6 Å². The molecule has 0 aromatic heterocycles. The zero-order valence-corrected chi connectivity index (χ0v) is 12.2. The first-order valence-corrected chi connectivity index (χ1v) is 8.91. The van der Waals surface area contributed by atoms with Crippen LogP contribution in [0.25, 0.3) is 0 Å². The highest BCUT2D eigenvalue weighted by Gasteiger charge is 2.33. The monoisotopic (exact) mass is 274 g/mol. The summed E-state index contributed by atoms with van der Waals surface area (Å²) in [6.07, 6.45) is 8.01. The van der Waals surface area contributed by atoms with Crippen LogP contribution in [0.5, 0.6) is 0 Å². The van der Waals surface area contributed by atoms with Crippen LogP contribution in [0.3, 0.4) is 0 Å². The van der Waals surface area contributed by atoms with Crippen LogP contribution in [-0.2, 0) is 10.0 Å². The summed E-state index contributed by atoms with van der Waals surface area (Å²) in [5, 5.41) is 3.24. The molecule has 4 nitrogen and oxygen atoms in total. The van der Waals surface area contributed by atoms with Gasteiger partial charge in [-0.25, -0.2) is 13.1 Å². The predicted octanol–water partition coefficient (Wildman–Crippen LogP) is 1.63. The van der Waals surface area contributed by atoms with E-state index in [2.05, 4.69) is 17.0 Å². The number of hydrogen-bond donors (Lipinski definition) is 2. The number of sulfonamides is 1. The molecule has 0 aromatic carbocycles. The predicted molar refractivity (Wildman–Crippen MR) is 74.0 cm³/mol. The molecule has 2 fully saturated rings. The maximum absolute atomic E-state index is 12.1. The lowest BCUT2D eigenvalue weighted by atomic mass is 9.84. The average Bonchev–Trinajstić information content (AvgIpc) is 2.97. The SMILES string of the molecule is CCC1(CNS(=O)(=O)CC2CCCN2)CCCC1. The lowest BCUT2D eigenvalue weighted by Gasteiger charge is -2.27. The van der Waals surface area contributed by atoms with Crippen LogP contribution in [0.4, 0.5) is 0 Å². The normalized spacial score (nSPS) is 27.7. The molecule has 0 bridgehead atoms. The van der Waals surface area contributed by atoms with Crippen molar-refractivity contribution in [2.45, 2.75) is 57.9 Å². The Balaban J connectivity index is 1.83. The van der Waals surface area contributed by atoms with E-state index < -0.39 is 10.0 Å². The molecular weight excluding hydrogens is 248 g/mol. The summed E-state index contributed by atoms with van der Waals surface area (Å²) in [6, 6.07) is 0.156. The standard InChI is InChI=1S/C13H26N2O2S/c1-2-13(7-3-4-8-13)11-15-18(16,17)10-12-6-5-9-14-12/h12,14-15H,2-11H2,1H3. The maximum atomic E-state index is 12.1. The molecule has 0 spiro atoms. The Morgan fingerprint density at radius 1 is 1.28 bits per heavy atom. The van der Waals surface area contributed by atoms with Crippen molar-refractivity contribution in [2.24, 2.45) is 5.41 Å². The lowest BCUT2D eigenvalue weighted by molar-refractivity contribution is 0.285. The fourth-order valence-electron chi connectivity index (χ4n) is 3.27. The topological polar surface area (TPSA) is 58.2 Å². The lowest BCUT2D eigenvalue weighted by Crippen LogP contribution is -2.41. The summed E-state index contributed by atoms with van der Waals surface area (Å²) in [6.45, 7) is 3.77. The number of hydrogen-bond acceptors (Lipinski definition) is 3. The van der Waals surface area contributed by atoms with E-state index in [9.17, 15) is 8.42 Å². The highest BCUT2D eigenvalue weighted by Crippen LogP contribution is 2.40. The highest BCUT2D eigenvalue weighted by molar-refractivity contribution is 7.89. The van der Waals surface area contributed by atoms with Crippen molar-refractivity contribution >= 4 is 10.0 Å². The molecule has 1 aliphatic carbocycles. The zero-order valence-electron chi connectivity index (χ0n) is 11.4. The van der Waals surface area contributed by atoms with Crippen molar-refractivity contribution in [1.29, 1.82) is 0 Å². The molecule has 1 atom stereocenters. The Morgan fingerprint density at radius 2 is 2.00 bits per heavy atom. The molecule has 18 heavy (non-hydrogen) atoms. The first-order chi connectivity index (χ1) is 8.55. The summed E-state index contributed by atoms with van der Waals surface area (Å²) < 4.78 is 27.0. The van der Waals surface area contributed by atoms with E-state index in [0.717, 1.165) is 25.8 Å². The molecule has 1 saturated carbocycles. The molecule has 0 amide bonds. The Hall–Kier alpha value is -0.130. The fraction of sp³-hybridized carbons (Fsp3) is 1.00. The Bertz CT molecular complexity index is 355. The minimum atomic E-state index is -3.11. The van der Waals surface area contributed by atoms with E-state index in [-0.39, 0.29) is 17.2 Å². The third-order valence-electron chi connectivity index (χ3n) is 4.66. The molecule has 0 aromatic rings. The van der Waals surface area contributed by atoms with Crippen LogP contribution >= 0.6 is 0 Å². The van der Waals surface area contributed by atoms with Crippen LogP contribution in [0, 0.1) is 5.41 Å². The van der Waals surface area contributed by atoms with Crippen molar-refractivity contribution in [2.75, 3.05) is 18.8 Å². The van der Waals surface area contributed by atoms with Crippen LogP contribution in [0.15, 0.2) is 0 Å². The average molecular weight is 274 g/mol. The zero-order chi connectivity index (χ0) is 13.1. The maximum Gasteiger partial charge on any atom is 0.213 e. The quantitative estimate of drug-likeness (QED) is 0.774. The van der Waals surface area contributed by atoms with Gasteiger partial charge in [0.2, 0.25) is 10.0 Å². The van der Waals surface area contributed by atoms with Gasteiger partial charge in [-0.2, -0.15) is 0 Å². The minimum Gasteiger partial charge on any atom is -0.313 e. The van der Waals surface area contributed by atoms with Gasteiger partial charge in [-0.15, -0.1) is 0 Å². The summed E-state index contributed by atoms with van der Waals surface area (Å²) >= 11 is 0. The van der Waals surface area contributed by atoms with Gasteiger partial charge in [-0.3, -0.25) is 0 Å². The third-order valence-corrected chi connectivity index (χ3v) is 6.09. The number of rotatable bonds is 6. The minimum absolute atomic E-state index is 0.156. The molecule has 1 saturated heterocycles. The summed E-state index contributed by atoms with van der Waals surface area (Å²) in [4.78, 5) is 0. The number of nitrogens with one attached hydrogen (secondary N) is 2. The van der Waals surface area contributed by atoms with Crippen molar-refractivity contribution in [1.82, 2.24) is 10.0 Å². The van der Waals surface area contributed by atoms with E-state index in [1.165, 1.54) is 25.7 Å². The van der Waals surface area contributed by atoms with Gasteiger partial charge >= 0.3 is 0 Å². The van der Waals surface area contributed by atoms with Gasteiger partial charge in [-0.1, -0.05) is 19.8 Å². The van der Waals surface area contributed by atoms with E-state index >= 15 is 0 Å². The van der Waals surface area contributed by atoms with Gasteiger partial charge in [0.15, 0.2) is 0 Å². The van der Waals surface area contributed by atoms with Crippen LogP contribution in [0.1, 0.15) is 51.9 Å². The first-order valence-electron chi connectivity index (χ1n) is 7.26. The smallest absolute Gasteiger partial charge is 0.213 e. The Kier molecular flexibility index (Phi) is 4.67. The molecule has 2 N–H and O–H groups in total. The van der Waals surface area contributed by atoms with E-state index in [4.69, 9.17) is 0 Å². The Morgan fingerprint density at radius 3 is 2.56 bits per heavy atom. The molecule has 106 valence electrons. The molecule has 5 heteroatoms. The van der Waals surface area contributed by atoms with Crippen molar-refractivity contribution in [3.8, 4) is 0 Å². The molecule has 1 unspecified atom stereocenters. The fourth-order valence-corrected chi connectivity index (χ4v) is 4.72. The Labute approximate surface area is 111 Å². The molecule has 1 heterocycles. The third kappa shape index (κ3) is 3.68. The van der Waals surface area contributed by atoms with Crippen molar-refractivity contribution in [3.05, 3.63) is 0 Å². The summed E-state index contributed by atoms with van der Waals surface area (Å²) in [5.74, 6) is 0.243. The van der Waals surface area contributed by atoms with E-state index in [0.29, 0.717) is 6.54 Å². The van der Waals surface area contributed by atoms with Crippen LogP contribution in [-0.4, -0.2) is 33.3 Å². The summed E-state index contributed by atoms with van der Waals surface area (Å²) in [5.41, 5.74) is 0.232. The van der Waals surface area contributed by atoms with Crippen LogP contribution < -0.4 is 10.0 Å². The van der Waals surface area contributed by atoms with Crippen molar-refractivity contribution < 1.29 is 8.42 Å². The molecule has 1 aliphatic heterocycles. The van der Waals surface area contributed by atoms with Gasteiger partial charge in [0.1, 0.15) is 0 Å². The van der Waals surface area contributed by atoms with Crippen molar-refractivity contribution in [3.63, 3.8) is 0 Å². The van der Waals surface area contributed by atoms with Gasteiger partial charge in [0.25, 0.3) is 0 Å². The second kappa shape index (κ2) is 5.88. The molecule has 2 aliphatic rings. The summed E-state index contributed by atoms with van der Waals surface area (Å²) in [7, 11) is -3.11. The highest BCUT2D eigenvalue weighted by atomic mass is 32.2. The van der Waals surface area contributed by atoms with Gasteiger partial charge in [0.05, 0.1) is 5.75 Å². The largest absolute Gasteiger partial charge is 0.313 e. The second-order valence-electron chi connectivity index (χ2n) is 5.96. The van der Waals surface area contributed by atoms with Gasteiger partial charge < -0.3 is 5.32 Å². The second-order valence-corrected chi connectivity index (χ2v) is 7.81. The van der Waals surface area contributed by atoms with Crippen LogP contribution in [0.2, 0.25) is 0 Å².